The second kappa shape index (κ2) is 4.14. The van der Waals surface area contributed by atoms with Gasteiger partial charge in [-0.2, -0.15) is 10.1 Å². The average molecular weight is 210 g/mol. The van der Waals surface area contributed by atoms with Gasteiger partial charge in [-0.25, -0.2) is 4.79 Å². The van der Waals surface area contributed by atoms with Crippen molar-refractivity contribution in [3.05, 3.63) is 23.7 Å². The van der Waals surface area contributed by atoms with Crippen molar-refractivity contribution in [3.8, 4) is 0 Å². The van der Waals surface area contributed by atoms with Crippen LogP contribution in [0.5, 0.6) is 0 Å². The Kier molecular flexibility index (Phi) is 2.68. The van der Waals surface area contributed by atoms with Gasteiger partial charge in [0.2, 0.25) is 0 Å². The van der Waals surface area contributed by atoms with Crippen LogP contribution in [0.4, 0.5) is 4.79 Å². The maximum Gasteiger partial charge on any atom is 0.430 e. The lowest BCUT2D eigenvalue weighted by atomic mass is 10.4. The molecule has 0 radical (unpaired) electrons. The molecule has 6 nitrogen and oxygen atoms in total. The number of hydrogen-bond acceptors (Lipinski definition) is 5. The van der Waals surface area contributed by atoms with E-state index >= 15 is 0 Å². The average Bonchev–Trinajstić information content (AvgIpc) is 2.84. The molecule has 2 heterocycles. The van der Waals surface area contributed by atoms with Crippen molar-refractivity contribution in [2.24, 2.45) is 5.10 Å². The minimum atomic E-state index is -0.458. The van der Waals surface area contributed by atoms with Gasteiger partial charge in [0, 0.05) is 0 Å². The van der Waals surface area contributed by atoms with Crippen LogP contribution in [0, 0.1) is 0 Å². The number of ether oxygens (including phenoxy) is 1. The van der Waals surface area contributed by atoms with Gasteiger partial charge in [-0.1, -0.05) is 0 Å². The SMILES string of the molecule is O=C1OCCN1N=Cc1ccc(CO)o1. The number of amides is 1. The molecule has 1 aliphatic rings. The molecule has 0 atom stereocenters. The molecule has 0 saturated carbocycles. The Bertz CT molecular complexity index is 385. The summed E-state index contributed by atoms with van der Waals surface area (Å²) < 4.78 is 9.83. The van der Waals surface area contributed by atoms with E-state index < -0.39 is 6.09 Å². The van der Waals surface area contributed by atoms with Gasteiger partial charge in [0.15, 0.2) is 0 Å². The molecular weight excluding hydrogens is 200 g/mol. The molecule has 80 valence electrons. The number of rotatable bonds is 3. The van der Waals surface area contributed by atoms with E-state index in [0.29, 0.717) is 24.7 Å². The topological polar surface area (TPSA) is 75.3 Å². The molecule has 0 aliphatic carbocycles. The van der Waals surface area contributed by atoms with Crippen LogP contribution in [0.3, 0.4) is 0 Å². The smallest absolute Gasteiger partial charge is 0.430 e. The van der Waals surface area contributed by atoms with E-state index in [1.54, 1.807) is 12.1 Å². The van der Waals surface area contributed by atoms with Gasteiger partial charge in [0.1, 0.15) is 24.7 Å². The van der Waals surface area contributed by atoms with E-state index in [1.165, 1.54) is 11.2 Å². The van der Waals surface area contributed by atoms with Gasteiger partial charge in [0.25, 0.3) is 0 Å². The number of carbonyl (C=O) groups excluding carboxylic acids is 1. The van der Waals surface area contributed by atoms with Crippen LogP contribution in [0.15, 0.2) is 21.7 Å². The largest absolute Gasteiger partial charge is 0.458 e. The van der Waals surface area contributed by atoms with E-state index in [9.17, 15) is 4.79 Å². The summed E-state index contributed by atoms with van der Waals surface area (Å²) in [6, 6.07) is 3.31. The minimum Gasteiger partial charge on any atom is -0.458 e. The zero-order valence-electron chi connectivity index (χ0n) is 7.92. The summed E-state index contributed by atoms with van der Waals surface area (Å²) in [6.45, 7) is 0.652. The molecule has 1 aromatic heterocycles. The van der Waals surface area contributed by atoms with Crippen LogP contribution in [0.1, 0.15) is 11.5 Å². The van der Waals surface area contributed by atoms with Gasteiger partial charge < -0.3 is 14.3 Å². The first-order chi connectivity index (χ1) is 7.29. The number of furan rings is 1. The van der Waals surface area contributed by atoms with Crippen molar-refractivity contribution < 1.29 is 19.1 Å². The first-order valence-corrected chi connectivity index (χ1v) is 4.47. The van der Waals surface area contributed by atoms with E-state index in [1.807, 2.05) is 0 Å². The fourth-order valence-corrected chi connectivity index (χ4v) is 1.17. The first-order valence-electron chi connectivity index (χ1n) is 4.47. The predicted molar refractivity (Wildman–Crippen MR) is 50.3 cm³/mol. The zero-order chi connectivity index (χ0) is 10.7. The molecule has 1 amide bonds. The van der Waals surface area contributed by atoms with E-state index in [0.717, 1.165) is 0 Å². The van der Waals surface area contributed by atoms with Crippen molar-refractivity contribution >= 4 is 12.3 Å². The fraction of sp³-hybridized carbons (Fsp3) is 0.333. The molecule has 1 aromatic rings. The highest BCUT2D eigenvalue weighted by atomic mass is 16.6. The van der Waals surface area contributed by atoms with Crippen molar-refractivity contribution in [3.63, 3.8) is 0 Å². The number of nitrogens with zero attached hydrogens (tertiary/aromatic N) is 2. The van der Waals surface area contributed by atoms with Gasteiger partial charge in [-0.05, 0) is 12.1 Å². The lowest BCUT2D eigenvalue weighted by molar-refractivity contribution is 0.159. The summed E-state index contributed by atoms with van der Waals surface area (Å²) in [4.78, 5) is 11.0. The lowest BCUT2D eigenvalue weighted by Crippen LogP contribution is -2.17. The molecule has 0 bridgehead atoms. The van der Waals surface area contributed by atoms with Crippen molar-refractivity contribution in [2.75, 3.05) is 13.2 Å². The van der Waals surface area contributed by atoms with Crippen molar-refractivity contribution in [1.29, 1.82) is 0 Å². The van der Waals surface area contributed by atoms with Gasteiger partial charge >= 0.3 is 6.09 Å². The molecule has 0 aromatic carbocycles. The van der Waals surface area contributed by atoms with Crippen molar-refractivity contribution in [1.82, 2.24) is 5.01 Å². The number of hydrazone groups is 1. The highest BCUT2D eigenvalue weighted by Gasteiger charge is 2.20. The second-order valence-electron chi connectivity index (χ2n) is 2.94. The monoisotopic (exact) mass is 210 g/mol. The number of hydrogen-bond donors (Lipinski definition) is 1. The first kappa shape index (κ1) is 9.72. The van der Waals surface area contributed by atoms with Crippen LogP contribution < -0.4 is 0 Å². The summed E-state index contributed by atoms with van der Waals surface area (Å²) in [6.07, 6.45) is 0.950. The predicted octanol–water partition coefficient (Wildman–Crippen LogP) is 0.558. The van der Waals surface area contributed by atoms with Gasteiger partial charge in [-0.3, -0.25) is 0 Å². The van der Waals surface area contributed by atoms with Crippen LogP contribution in [0.2, 0.25) is 0 Å². The van der Waals surface area contributed by atoms with E-state index in [2.05, 4.69) is 9.84 Å². The molecule has 2 rings (SSSR count). The summed E-state index contributed by atoms with van der Waals surface area (Å²) >= 11 is 0. The Balaban J connectivity index is 2.01. The Labute approximate surface area is 85.7 Å². The number of carbonyl (C=O) groups is 1. The minimum absolute atomic E-state index is 0.153. The summed E-state index contributed by atoms with van der Waals surface area (Å²) in [5, 5.41) is 13.8. The third-order valence-electron chi connectivity index (χ3n) is 1.90. The van der Waals surface area contributed by atoms with E-state index in [4.69, 9.17) is 9.52 Å². The Hall–Kier alpha value is -1.82. The van der Waals surface area contributed by atoms with Crippen LogP contribution >= 0.6 is 0 Å². The summed E-state index contributed by atoms with van der Waals surface area (Å²) in [7, 11) is 0. The summed E-state index contributed by atoms with van der Waals surface area (Å²) in [5.41, 5.74) is 0. The van der Waals surface area contributed by atoms with Crippen molar-refractivity contribution in [2.45, 2.75) is 6.61 Å². The normalized spacial score (nSPS) is 16.3. The fourth-order valence-electron chi connectivity index (χ4n) is 1.17. The number of aliphatic hydroxyl groups excluding tert-OH is 1. The van der Waals surface area contributed by atoms with E-state index in [-0.39, 0.29) is 6.61 Å². The highest BCUT2D eigenvalue weighted by molar-refractivity contribution is 5.78. The molecule has 1 saturated heterocycles. The van der Waals surface area contributed by atoms with Crippen LogP contribution in [-0.4, -0.2) is 35.6 Å². The molecule has 15 heavy (non-hydrogen) atoms. The molecule has 0 spiro atoms. The number of aliphatic hydroxyl groups is 1. The maximum absolute atomic E-state index is 11.0. The van der Waals surface area contributed by atoms with Crippen LogP contribution in [0.25, 0.3) is 0 Å². The molecule has 1 aliphatic heterocycles. The van der Waals surface area contributed by atoms with Gasteiger partial charge in [0.05, 0.1) is 12.8 Å². The third kappa shape index (κ3) is 2.16. The molecule has 0 unspecified atom stereocenters. The highest BCUT2D eigenvalue weighted by Crippen LogP contribution is 2.07. The maximum atomic E-state index is 11.0. The third-order valence-corrected chi connectivity index (χ3v) is 1.90. The molecular formula is C9H10N2O4. The second-order valence-corrected chi connectivity index (χ2v) is 2.94. The zero-order valence-corrected chi connectivity index (χ0v) is 7.92. The molecule has 1 N–H and O–H groups in total. The molecule has 6 heteroatoms. The van der Waals surface area contributed by atoms with Gasteiger partial charge in [-0.15, -0.1) is 0 Å². The Morgan fingerprint density at radius 1 is 1.60 bits per heavy atom. The Morgan fingerprint density at radius 2 is 2.47 bits per heavy atom. The lowest BCUT2D eigenvalue weighted by Gasteiger charge is -2.01. The summed E-state index contributed by atoms with van der Waals surface area (Å²) in [5.74, 6) is 0.944. The quantitative estimate of drug-likeness (QED) is 0.739. The Morgan fingerprint density at radius 3 is 3.07 bits per heavy atom. The molecule has 1 fully saturated rings. The van der Waals surface area contributed by atoms with Crippen LogP contribution in [-0.2, 0) is 11.3 Å². The number of cyclic esters (lactones) is 1. The standard InChI is InChI=1S/C9H10N2O4/c12-6-8-2-1-7(15-8)5-10-11-3-4-14-9(11)13/h1-2,5,12H,3-4,6H2.